The fraction of sp³-hybridized carbons (Fsp3) is 0.222. The summed E-state index contributed by atoms with van der Waals surface area (Å²) in [6.07, 6.45) is -4.38. The van der Waals surface area contributed by atoms with Crippen LogP contribution in [0.1, 0.15) is 11.1 Å². The minimum absolute atomic E-state index is 0.108. The molecule has 0 saturated carbocycles. The lowest BCUT2D eigenvalue weighted by Crippen LogP contribution is -2.34. The van der Waals surface area contributed by atoms with Crippen LogP contribution in [0, 0.1) is 5.41 Å². The van der Waals surface area contributed by atoms with Crippen molar-refractivity contribution in [1.82, 2.24) is 10.9 Å². The molecule has 0 bridgehead atoms. The lowest BCUT2D eigenvalue weighted by atomic mass is 10.1. The third kappa shape index (κ3) is 2.95. The second kappa shape index (κ2) is 4.31. The number of halogens is 3. The normalized spacial score (nSPS) is 11.2. The van der Waals surface area contributed by atoms with Crippen molar-refractivity contribution in [1.29, 1.82) is 5.41 Å². The first-order chi connectivity index (χ1) is 6.95. The molecule has 3 N–H and O–H groups in total. The summed E-state index contributed by atoms with van der Waals surface area (Å²) in [5.41, 5.74) is 4.29. The molecule has 0 heterocycles. The molecule has 0 amide bonds. The average Bonchev–Trinajstić information content (AvgIpc) is 2.17. The molecule has 1 rings (SSSR count). The largest absolute Gasteiger partial charge is 0.416 e. The predicted molar refractivity (Wildman–Crippen MR) is 50.5 cm³/mol. The topological polar surface area (TPSA) is 47.9 Å². The van der Waals surface area contributed by atoms with E-state index in [1.54, 1.807) is 0 Å². The molecule has 0 spiro atoms. The van der Waals surface area contributed by atoms with Gasteiger partial charge in [-0.15, -0.1) is 0 Å². The van der Waals surface area contributed by atoms with Crippen molar-refractivity contribution in [3.05, 3.63) is 35.4 Å². The van der Waals surface area contributed by atoms with Crippen LogP contribution in [0.25, 0.3) is 0 Å². The maximum Gasteiger partial charge on any atom is 0.416 e. The molecule has 0 unspecified atom stereocenters. The molecule has 3 nitrogen and oxygen atoms in total. The smallest absolute Gasteiger partial charge is 0.306 e. The maximum absolute atomic E-state index is 12.3. The zero-order valence-corrected chi connectivity index (χ0v) is 7.94. The fourth-order valence-electron chi connectivity index (χ4n) is 1.05. The molecule has 82 valence electrons. The molecule has 0 aliphatic rings. The lowest BCUT2D eigenvalue weighted by Gasteiger charge is -2.10. The Balaban J connectivity index is 2.98. The molecule has 1 aromatic rings. The number of amidine groups is 1. The van der Waals surface area contributed by atoms with Crippen LogP contribution in [0.4, 0.5) is 13.2 Å². The van der Waals surface area contributed by atoms with Crippen molar-refractivity contribution < 1.29 is 13.2 Å². The molecule has 0 aliphatic heterocycles. The summed E-state index contributed by atoms with van der Waals surface area (Å²) in [6, 6.07) is 4.59. The Hall–Kier alpha value is -1.56. The number of rotatable bonds is 2. The molecule has 0 atom stereocenters. The first kappa shape index (κ1) is 11.5. The van der Waals surface area contributed by atoms with E-state index in [4.69, 9.17) is 5.41 Å². The van der Waals surface area contributed by atoms with E-state index < -0.39 is 11.7 Å². The number of nitrogens with one attached hydrogen (secondary N) is 3. The van der Waals surface area contributed by atoms with Gasteiger partial charge in [0.2, 0.25) is 0 Å². The van der Waals surface area contributed by atoms with E-state index in [1.807, 2.05) is 0 Å². The highest BCUT2D eigenvalue weighted by Crippen LogP contribution is 2.29. The highest BCUT2D eigenvalue weighted by Gasteiger charge is 2.30. The average molecular weight is 217 g/mol. The van der Waals surface area contributed by atoms with E-state index in [1.165, 1.54) is 19.2 Å². The van der Waals surface area contributed by atoms with Crippen LogP contribution in [-0.2, 0) is 6.18 Å². The Morgan fingerprint density at radius 3 is 2.53 bits per heavy atom. The third-order valence-corrected chi connectivity index (χ3v) is 1.73. The summed E-state index contributed by atoms with van der Waals surface area (Å²) in [5, 5.41) is 7.39. The SMILES string of the molecule is CNNC(=N)c1cccc(C(F)(F)F)c1. The first-order valence-electron chi connectivity index (χ1n) is 4.14. The van der Waals surface area contributed by atoms with Crippen LogP contribution >= 0.6 is 0 Å². The van der Waals surface area contributed by atoms with Gasteiger partial charge in [0.15, 0.2) is 0 Å². The van der Waals surface area contributed by atoms with E-state index in [0.29, 0.717) is 0 Å². The van der Waals surface area contributed by atoms with E-state index in [2.05, 4.69) is 10.9 Å². The quantitative estimate of drug-likeness (QED) is 0.401. The standard InChI is InChI=1S/C9H10F3N3/c1-14-15-8(13)6-3-2-4-7(5-6)9(10,11)12/h2-5,14H,1H3,(H2,13,15). The first-order valence-corrected chi connectivity index (χ1v) is 4.14. The maximum atomic E-state index is 12.3. The van der Waals surface area contributed by atoms with Gasteiger partial charge in [0.05, 0.1) is 5.56 Å². The van der Waals surface area contributed by atoms with Crippen LogP contribution in [0.2, 0.25) is 0 Å². The van der Waals surface area contributed by atoms with E-state index in [-0.39, 0.29) is 11.4 Å². The minimum Gasteiger partial charge on any atom is -0.306 e. The van der Waals surface area contributed by atoms with Crippen molar-refractivity contribution in [2.75, 3.05) is 7.05 Å². The van der Waals surface area contributed by atoms with Crippen LogP contribution in [0.3, 0.4) is 0 Å². The van der Waals surface area contributed by atoms with Crippen LogP contribution in [0.5, 0.6) is 0 Å². The summed E-state index contributed by atoms with van der Waals surface area (Å²) in [4.78, 5) is 0. The Morgan fingerprint density at radius 2 is 2.00 bits per heavy atom. The van der Waals surface area contributed by atoms with Crippen molar-refractivity contribution in [2.24, 2.45) is 0 Å². The van der Waals surface area contributed by atoms with E-state index in [9.17, 15) is 13.2 Å². The van der Waals surface area contributed by atoms with Crippen molar-refractivity contribution in [3.8, 4) is 0 Å². The lowest BCUT2D eigenvalue weighted by molar-refractivity contribution is -0.137. The summed E-state index contributed by atoms with van der Waals surface area (Å²) < 4.78 is 36.9. The van der Waals surface area contributed by atoms with E-state index in [0.717, 1.165) is 12.1 Å². The second-order valence-corrected chi connectivity index (χ2v) is 2.83. The molecule has 1 aromatic carbocycles. The molecule has 0 saturated heterocycles. The van der Waals surface area contributed by atoms with Gasteiger partial charge in [0, 0.05) is 12.6 Å². The monoisotopic (exact) mass is 217 g/mol. The molecular formula is C9H10F3N3. The van der Waals surface area contributed by atoms with Crippen LogP contribution in [0.15, 0.2) is 24.3 Å². The van der Waals surface area contributed by atoms with Gasteiger partial charge in [-0.3, -0.25) is 5.41 Å². The van der Waals surface area contributed by atoms with Crippen LogP contribution in [-0.4, -0.2) is 12.9 Å². The van der Waals surface area contributed by atoms with Gasteiger partial charge in [0.25, 0.3) is 0 Å². The summed E-state index contributed by atoms with van der Waals surface area (Å²) in [5.74, 6) is -0.108. The van der Waals surface area contributed by atoms with Gasteiger partial charge in [-0.25, -0.2) is 5.43 Å². The number of hydrogen-bond acceptors (Lipinski definition) is 2. The molecule has 0 aliphatic carbocycles. The van der Waals surface area contributed by atoms with Crippen molar-refractivity contribution >= 4 is 5.84 Å². The molecule has 0 radical (unpaired) electrons. The number of hydrogen-bond donors (Lipinski definition) is 3. The number of benzene rings is 1. The fourth-order valence-corrected chi connectivity index (χ4v) is 1.05. The van der Waals surface area contributed by atoms with Crippen LogP contribution < -0.4 is 10.9 Å². The summed E-state index contributed by atoms with van der Waals surface area (Å²) >= 11 is 0. The van der Waals surface area contributed by atoms with E-state index >= 15 is 0 Å². The highest BCUT2D eigenvalue weighted by molar-refractivity contribution is 5.96. The van der Waals surface area contributed by atoms with Gasteiger partial charge >= 0.3 is 6.18 Å². The summed E-state index contributed by atoms with van der Waals surface area (Å²) in [7, 11) is 1.53. The third-order valence-electron chi connectivity index (χ3n) is 1.73. The van der Waals surface area contributed by atoms with Crippen molar-refractivity contribution in [2.45, 2.75) is 6.18 Å². The molecule has 15 heavy (non-hydrogen) atoms. The van der Waals surface area contributed by atoms with Gasteiger partial charge in [0.1, 0.15) is 5.84 Å². The van der Waals surface area contributed by atoms with Crippen molar-refractivity contribution in [3.63, 3.8) is 0 Å². The predicted octanol–water partition coefficient (Wildman–Crippen LogP) is 1.75. The molecule has 6 heteroatoms. The Kier molecular flexibility index (Phi) is 3.31. The van der Waals surface area contributed by atoms with Gasteiger partial charge < -0.3 is 5.43 Å². The minimum atomic E-state index is -4.38. The number of alkyl halides is 3. The highest BCUT2D eigenvalue weighted by atomic mass is 19.4. The molecular weight excluding hydrogens is 207 g/mol. The van der Waals surface area contributed by atoms with Gasteiger partial charge in [-0.05, 0) is 12.1 Å². The Labute approximate surface area is 84.8 Å². The summed E-state index contributed by atoms with van der Waals surface area (Å²) in [6.45, 7) is 0. The molecule has 0 fully saturated rings. The van der Waals surface area contributed by atoms with Gasteiger partial charge in [-0.2, -0.15) is 13.2 Å². The number of hydrazine groups is 1. The molecule has 0 aromatic heterocycles. The second-order valence-electron chi connectivity index (χ2n) is 2.83. The zero-order chi connectivity index (χ0) is 11.5. The van der Waals surface area contributed by atoms with Gasteiger partial charge in [-0.1, -0.05) is 12.1 Å². The Morgan fingerprint density at radius 1 is 1.33 bits per heavy atom. The Bertz CT molecular complexity index is 360. The zero-order valence-electron chi connectivity index (χ0n) is 7.94.